The van der Waals surface area contributed by atoms with Crippen molar-refractivity contribution in [3.05, 3.63) is 18.0 Å². The molecule has 1 amide bonds. The monoisotopic (exact) mass is 399 g/mol. The minimum Gasteiger partial charge on any atom is -0.394 e. The molecule has 1 saturated carbocycles. The molecule has 0 radical (unpaired) electrons. The minimum atomic E-state index is -0.0971. The molecule has 2 aliphatic rings. The Morgan fingerprint density at radius 3 is 2.76 bits per heavy atom. The fourth-order valence-corrected chi connectivity index (χ4v) is 5.00. The van der Waals surface area contributed by atoms with Crippen molar-refractivity contribution in [2.75, 3.05) is 18.5 Å². The lowest BCUT2D eigenvalue weighted by Crippen LogP contribution is -2.38. The SMILES string of the molecule is CCn1ncc2c(N[C@@H](C)C3CCCCC3)c(C(=O)N3CCC[C@H]3CO)cnc21. The van der Waals surface area contributed by atoms with Gasteiger partial charge in [0.1, 0.15) is 0 Å². The molecule has 2 atom stereocenters. The van der Waals surface area contributed by atoms with Crippen LogP contribution in [-0.4, -0.2) is 55.9 Å². The second-order valence-corrected chi connectivity index (χ2v) is 8.55. The summed E-state index contributed by atoms with van der Waals surface area (Å²) in [4.78, 5) is 19.8. The number of pyridine rings is 1. The molecule has 7 nitrogen and oxygen atoms in total. The number of likely N-dealkylation sites (tertiary alicyclic amines) is 1. The van der Waals surface area contributed by atoms with Crippen molar-refractivity contribution in [1.29, 1.82) is 0 Å². The Kier molecular flexibility index (Phi) is 6.04. The van der Waals surface area contributed by atoms with E-state index in [1.165, 1.54) is 32.1 Å². The van der Waals surface area contributed by atoms with Crippen molar-refractivity contribution in [2.24, 2.45) is 5.92 Å². The van der Waals surface area contributed by atoms with Gasteiger partial charge in [0.05, 0.1) is 35.5 Å². The standard InChI is InChI=1S/C22H33N5O2/c1-3-27-21-18(13-24-27)20(25-15(2)16-8-5-4-6-9-16)19(12-23-21)22(29)26-11-7-10-17(26)14-28/h12-13,15-17,28H,3-11,14H2,1-2H3,(H,23,25)/t15-,17-/m0/s1. The van der Waals surface area contributed by atoms with E-state index in [9.17, 15) is 9.90 Å². The lowest BCUT2D eigenvalue weighted by Gasteiger charge is -2.30. The molecule has 1 saturated heterocycles. The van der Waals surface area contributed by atoms with Gasteiger partial charge in [0.15, 0.2) is 5.65 Å². The Balaban J connectivity index is 1.71. The van der Waals surface area contributed by atoms with E-state index in [0.29, 0.717) is 18.0 Å². The van der Waals surface area contributed by atoms with E-state index < -0.39 is 0 Å². The van der Waals surface area contributed by atoms with Gasteiger partial charge in [-0.05, 0) is 45.4 Å². The summed E-state index contributed by atoms with van der Waals surface area (Å²) in [5.41, 5.74) is 2.25. The van der Waals surface area contributed by atoms with E-state index in [4.69, 9.17) is 0 Å². The van der Waals surface area contributed by atoms with E-state index in [-0.39, 0.29) is 24.6 Å². The topological polar surface area (TPSA) is 83.3 Å². The summed E-state index contributed by atoms with van der Waals surface area (Å²) in [6.07, 6.45) is 11.7. The average molecular weight is 400 g/mol. The maximum atomic E-state index is 13.4. The largest absolute Gasteiger partial charge is 0.394 e. The third-order valence-electron chi connectivity index (χ3n) is 6.77. The van der Waals surface area contributed by atoms with Gasteiger partial charge in [0, 0.05) is 25.3 Å². The number of carbonyl (C=O) groups is 1. The minimum absolute atomic E-state index is 0.0103. The summed E-state index contributed by atoms with van der Waals surface area (Å²) in [7, 11) is 0. The van der Waals surface area contributed by atoms with E-state index in [1.807, 2.05) is 22.7 Å². The molecular formula is C22H33N5O2. The molecule has 0 unspecified atom stereocenters. The summed E-state index contributed by atoms with van der Waals surface area (Å²) >= 11 is 0. The number of aromatic nitrogens is 3. The number of amides is 1. The molecule has 2 aromatic rings. The Hall–Kier alpha value is -2.15. The van der Waals surface area contributed by atoms with Crippen molar-refractivity contribution >= 4 is 22.6 Å². The highest BCUT2D eigenvalue weighted by molar-refractivity contribution is 6.06. The molecule has 0 bridgehead atoms. The molecule has 3 heterocycles. The molecule has 7 heteroatoms. The lowest BCUT2D eigenvalue weighted by molar-refractivity contribution is 0.0678. The number of nitrogens with one attached hydrogen (secondary N) is 1. The molecule has 158 valence electrons. The fourth-order valence-electron chi connectivity index (χ4n) is 5.00. The summed E-state index contributed by atoms with van der Waals surface area (Å²) in [6.45, 7) is 5.71. The van der Waals surface area contributed by atoms with Gasteiger partial charge in [0.2, 0.25) is 0 Å². The van der Waals surface area contributed by atoms with Crippen LogP contribution in [0.25, 0.3) is 11.0 Å². The Labute approximate surface area is 172 Å². The number of aliphatic hydroxyl groups excluding tert-OH is 1. The van der Waals surface area contributed by atoms with Crippen molar-refractivity contribution in [2.45, 2.75) is 77.4 Å². The van der Waals surface area contributed by atoms with Crippen molar-refractivity contribution in [1.82, 2.24) is 19.7 Å². The molecule has 2 fully saturated rings. The van der Waals surface area contributed by atoms with E-state index in [0.717, 1.165) is 36.1 Å². The van der Waals surface area contributed by atoms with E-state index in [2.05, 4.69) is 22.3 Å². The van der Waals surface area contributed by atoms with Crippen LogP contribution in [0.2, 0.25) is 0 Å². The highest BCUT2D eigenvalue weighted by atomic mass is 16.3. The lowest BCUT2D eigenvalue weighted by atomic mass is 9.84. The van der Waals surface area contributed by atoms with Crippen LogP contribution in [0.1, 0.15) is 69.2 Å². The number of carbonyl (C=O) groups excluding carboxylic acids is 1. The quantitative estimate of drug-likeness (QED) is 0.778. The molecule has 0 aromatic carbocycles. The van der Waals surface area contributed by atoms with Crippen LogP contribution in [0.4, 0.5) is 5.69 Å². The van der Waals surface area contributed by atoms with Gasteiger partial charge in [-0.3, -0.25) is 4.79 Å². The molecule has 1 aliphatic carbocycles. The van der Waals surface area contributed by atoms with Gasteiger partial charge in [-0.25, -0.2) is 9.67 Å². The van der Waals surface area contributed by atoms with Crippen molar-refractivity contribution in [3.8, 4) is 0 Å². The van der Waals surface area contributed by atoms with Gasteiger partial charge >= 0.3 is 0 Å². The Morgan fingerprint density at radius 2 is 2.03 bits per heavy atom. The number of nitrogens with zero attached hydrogens (tertiary/aromatic N) is 4. The molecule has 1 aliphatic heterocycles. The first-order valence-corrected chi connectivity index (χ1v) is 11.2. The predicted octanol–water partition coefficient (Wildman–Crippen LogP) is 3.43. The molecule has 2 aromatic heterocycles. The molecular weight excluding hydrogens is 366 g/mol. The fraction of sp³-hybridized carbons (Fsp3) is 0.682. The summed E-state index contributed by atoms with van der Waals surface area (Å²) in [5.74, 6) is 0.576. The van der Waals surface area contributed by atoms with Gasteiger partial charge in [0.25, 0.3) is 5.91 Å². The number of aliphatic hydroxyl groups is 1. The van der Waals surface area contributed by atoms with Crippen LogP contribution < -0.4 is 5.32 Å². The van der Waals surface area contributed by atoms with Gasteiger partial charge in [-0.2, -0.15) is 5.10 Å². The number of hydrogen-bond acceptors (Lipinski definition) is 5. The third kappa shape index (κ3) is 3.84. The number of hydrogen-bond donors (Lipinski definition) is 2. The first-order chi connectivity index (χ1) is 14.1. The number of aryl methyl sites for hydroxylation is 1. The smallest absolute Gasteiger partial charge is 0.257 e. The van der Waals surface area contributed by atoms with Crippen molar-refractivity contribution in [3.63, 3.8) is 0 Å². The van der Waals surface area contributed by atoms with Crippen LogP contribution in [0.5, 0.6) is 0 Å². The molecule has 0 spiro atoms. The second kappa shape index (κ2) is 8.69. The Bertz CT molecular complexity index is 858. The summed E-state index contributed by atoms with van der Waals surface area (Å²) in [5, 5.41) is 18.8. The summed E-state index contributed by atoms with van der Waals surface area (Å²) in [6, 6.07) is 0.185. The maximum Gasteiger partial charge on any atom is 0.257 e. The van der Waals surface area contributed by atoms with Crippen LogP contribution >= 0.6 is 0 Å². The molecule has 29 heavy (non-hydrogen) atoms. The molecule has 2 N–H and O–H groups in total. The van der Waals surface area contributed by atoms with Crippen LogP contribution in [-0.2, 0) is 6.54 Å². The third-order valence-corrected chi connectivity index (χ3v) is 6.77. The van der Waals surface area contributed by atoms with Gasteiger partial charge in [-0.15, -0.1) is 0 Å². The highest BCUT2D eigenvalue weighted by Crippen LogP contribution is 2.33. The number of anilines is 1. The van der Waals surface area contributed by atoms with Gasteiger partial charge in [-0.1, -0.05) is 19.3 Å². The average Bonchev–Trinajstić information content (AvgIpc) is 3.40. The van der Waals surface area contributed by atoms with Crippen LogP contribution in [0.3, 0.4) is 0 Å². The van der Waals surface area contributed by atoms with Crippen LogP contribution in [0.15, 0.2) is 12.4 Å². The zero-order chi connectivity index (χ0) is 20.4. The second-order valence-electron chi connectivity index (χ2n) is 8.55. The van der Waals surface area contributed by atoms with Crippen molar-refractivity contribution < 1.29 is 9.90 Å². The normalized spacial score (nSPS) is 21.6. The zero-order valence-corrected chi connectivity index (χ0v) is 17.6. The van der Waals surface area contributed by atoms with E-state index >= 15 is 0 Å². The van der Waals surface area contributed by atoms with E-state index in [1.54, 1.807) is 6.20 Å². The predicted molar refractivity (Wildman–Crippen MR) is 114 cm³/mol. The highest BCUT2D eigenvalue weighted by Gasteiger charge is 2.32. The maximum absolute atomic E-state index is 13.4. The number of rotatable bonds is 6. The first-order valence-electron chi connectivity index (χ1n) is 11.2. The first kappa shape index (κ1) is 20.1. The molecule has 4 rings (SSSR count). The summed E-state index contributed by atoms with van der Waals surface area (Å²) < 4.78 is 1.87. The zero-order valence-electron chi connectivity index (χ0n) is 17.6. The van der Waals surface area contributed by atoms with Crippen LogP contribution in [0, 0.1) is 5.92 Å². The Morgan fingerprint density at radius 1 is 1.24 bits per heavy atom. The number of fused-ring (bicyclic) bond motifs is 1. The van der Waals surface area contributed by atoms with Gasteiger partial charge < -0.3 is 15.3 Å².